The number of thiophene rings is 1. The van der Waals surface area contributed by atoms with Crippen LogP contribution in [0, 0.1) is 0 Å². The fraction of sp³-hybridized carbons (Fsp3) is 0.0769. The Labute approximate surface area is 117 Å². The van der Waals surface area contributed by atoms with Gasteiger partial charge in [-0.05, 0) is 23.6 Å². The molecular formula is C13H10N2O4S. The molecule has 2 aromatic rings. The van der Waals surface area contributed by atoms with Crippen LogP contribution in [0.3, 0.4) is 0 Å². The summed E-state index contributed by atoms with van der Waals surface area (Å²) >= 11 is 1.38. The minimum Gasteiger partial charge on any atom is -0.507 e. The van der Waals surface area contributed by atoms with Gasteiger partial charge >= 0.3 is 11.7 Å². The van der Waals surface area contributed by atoms with Gasteiger partial charge in [-0.15, -0.1) is 16.4 Å². The zero-order chi connectivity index (χ0) is 14.2. The monoisotopic (exact) mass is 290 g/mol. The first-order chi connectivity index (χ1) is 9.63. The maximum absolute atomic E-state index is 11.6. The van der Waals surface area contributed by atoms with E-state index < -0.39 is 11.7 Å². The molecule has 1 aliphatic heterocycles. The molecule has 3 N–H and O–H groups in total. The number of aliphatic carboxylic acids is 1. The zero-order valence-corrected chi connectivity index (χ0v) is 10.9. The summed E-state index contributed by atoms with van der Waals surface area (Å²) in [6.45, 7) is 0. The predicted octanol–water partition coefficient (Wildman–Crippen LogP) is 1.67. The van der Waals surface area contributed by atoms with Crippen molar-refractivity contribution in [2.75, 3.05) is 0 Å². The van der Waals surface area contributed by atoms with Crippen LogP contribution in [0.1, 0.15) is 10.4 Å². The number of carboxylic acid groups (broad SMARTS) is 1. The van der Waals surface area contributed by atoms with Gasteiger partial charge in [-0.1, -0.05) is 18.2 Å². The van der Waals surface area contributed by atoms with Crippen molar-refractivity contribution in [1.29, 1.82) is 0 Å². The topological polar surface area (TPSA) is 91.2 Å². The van der Waals surface area contributed by atoms with Gasteiger partial charge in [0.05, 0.1) is 10.4 Å². The molecule has 1 unspecified atom stereocenters. The first-order valence-corrected chi connectivity index (χ1v) is 6.61. The van der Waals surface area contributed by atoms with E-state index in [0.717, 1.165) is 0 Å². The van der Waals surface area contributed by atoms with E-state index in [9.17, 15) is 15.0 Å². The fourth-order valence-electron chi connectivity index (χ4n) is 1.92. The highest BCUT2D eigenvalue weighted by Gasteiger charge is 2.50. The Balaban J connectivity index is 2.02. The normalized spacial score (nSPS) is 20.9. The lowest BCUT2D eigenvalue weighted by Gasteiger charge is -2.24. The summed E-state index contributed by atoms with van der Waals surface area (Å²) in [6.07, 6.45) is 0. The third-order valence-corrected chi connectivity index (χ3v) is 3.74. The molecule has 0 spiro atoms. The van der Waals surface area contributed by atoms with Gasteiger partial charge in [-0.2, -0.15) is 0 Å². The molecule has 0 amide bonds. The maximum Gasteiger partial charge on any atom is 0.376 e. The van der Waals surface area contributed by atoms with Gasteiger partial charge < -0.3 is 14.9 Å². The van der Waals surface area contributed by atoms with Crippen LogP contribution in [0.2, 0.25) is 0 Å². The Morgan fingerprint density at radius 2 is 2.10 bits per heavy atom. The lowest BCUT2D eigenvalue weighted by atomic mass is 10.0. The number of phenols is 1. The van der Waals surface area contributed by atoms with Gasteiger partial charge in [0.2, 0.25) is 0 Å². The molecule has 0 fully saturated rings. The fourth-order valence-corrected chi connectivity index (χ4v) is 2.57. The highest BCUT2D eigenvalue weighted by molar-refractivity contribution is 7.12. The Morgan fingerprint density at radius 3 is 2.75 bits per heavy atom. The first-order valence-electron chi connectivity index (χ1n) is 5.73. The number of aromatic hydroxyl groups is 1. The van der Waals surface area contributed by atoms with Crippen LogP contribution < -0.4 is 5.43 Å². The summed E-state index contributed by atoms with van der Waals surface area (Å²) in [7, 11) is 0. The van der Waals surface area contributed by atoms with Crippen molar-refractivity contribution in [2.45, 2.75) is 5.72 Å². The maximum atomic E-state index is 11.6. The molecule has 0 radical (unpaired) electrons. The van der Waals surface area contributed by atoms with Crippen molar-refractivity contribution in [3.63, 3.8) is 0 Å². The van der Waals surface area contributed by atoms with Gasteiger partial charge in [0, 0.05) is 0 Å². The van der Waals surface area contributed by atoms with E-state index >= 15 is 0 Å². The van der Waals surface area contributed by atoms with E-state index in [0.29, 0.717) is 4.88 Å². The molecule has 0 saturated carbocycles. The lowest BCUT2D eigenvalue weighted by molar-refractivity contribution is -0.159. The molecule has 20 heavy (non-hydrogen) atoms. The summed E-state index contributed by atoms with van der Waals surface area (Å²) in [4.78, 5) is 12.3. The van der Waals surface area contributed by atoms with E-state index in [2.05, 4.69) is 10.5 Å². The number of ether oxygens (including phenoxy) is 1. The minimum absolute atomic E-state index is 0.0998. The highest BCUT2D eigenvalue weighted by Crippen LogP contribution is 2.35. The number of benzene rings is 1. The molecule has 0 aliphatic carbocycles. The summed E-state index contributed by atoms with van der Waals surface area (Å²) in [5, 5.41) is 25.1. The van der Waals surface area contributed by atoms with E-state index in [4.69, 9.17) is 4.74 Å². The standard InChI is InChI=1S/C13H10N2O4S/c16-9-5-2-1-4-8(9)13(12(17)18)15-14-11(19-13)10-6-3-7-20-10/h1-7,15-16H,(H,17,18). The third kappa shape index (κ3) is 1.79. The van der Waals surface area contributed by atoms with Crippen molar-refractivity contribution < 1.29 is 19.7 Å². The predicted molar refractivity (Wildman–Crippen MR) is 72.5 cm³/mol. The number of carboxylic acids is 1. The molecule has 0 bridgehead atoms. The minimum atomic E-state index is -1.91. The lowest BCUT2D eigenvalue weighted by Crippen LogP contribution is -2.46. The Bertz CT molecular complexity index is 683. The van der Waals surface area contributed by atoms with Crippen molar-refractivity contribution >= 4 is 23.2 Å². The van der Waals surface area contributed by atoms with Crippen LogP contribution in [-0.4, -0.2) is 22.1 Å². The molecule has 1 aromatic heterocycles. The van der Waals surface area contributed by atoms with E-state index in [1.807, 2.05) is 11.4 Å². The number of phenolic OH excluding ortho intramolecular Hbond substituents is 1. The van der Waals surface area contributed by atoms with Crippen molar-refractivity contribution in [2.24, 2.45) is 5.10 Å². The number of hydrazone groups is 1. The average Bonchev–Trinajstić information content (AvgIpc) is 3.09. The summed E-state index contributed by atoms with van der Waals surface area (Å²) in [6, 6.07) is 9.68. The molecule has 6 nitrogen and oxygen atoms in total. The number of para-hydroxylation sites is 1. The zero-order valence-electron chi connectivity index (χ0n) is 10.1. The van der Waals surface area contributed by atoms with Crippen molar-refractivity contribution in [1.82, 2.24) is 5.43 Å². The number of nitrogens with zero attached hydrogens (tertiary/aromatic N) is 1. The molecule has 0 saturated heterocycles. The first kappa shape index (κ1) is 12.5. The van der Waals surface area contributed by atoms with Crippen LogP contribution in [0.15, 0.2) is 46.9 Å². The summed E-state index contributed by atoms with van der Waals surface area (Å²) in [5.41, 5.74) is 0.666. The number of hydrogen-bond donors (Lipinski definition) is 3. The SMILES string of the molecule is O=C(O)C1(c2ccccc2O)NN=C(c2cccs2)O1. The second kappa shape index (κ2) is 4.53. The molecule has 3 rings (SSSR count). The Hall–Kier alpha value is -2.54. The number of rotatable bonds is 3. The van der Waals surface area contributed by atoms with Gasteiger partial charge in [0.15, 0.2) is 0 Å². The van der Waals surface area contributed by atoms with Gasteiger partial charge in [-0.3, -0.25) is 5.43 Å². The largest absolute Gasteiger partial charge is 0.507 e. The second-order valence-electron chi connectivity index (χ2n) is 4.11. The van der Waals surface area contributed by atoms with E-state index in [1.54, 1.807) is 18.2 Å². The quantitative estimate of drug-likeness (QED) is 0.800. The van der Waals surface area contributed by atoms with Gasteiger partial charge in [-0.25, -0.2) is 4.79 Å². The van der Waals surface area contributed by atoms with E-state index in [1.165, 1.54) is 23.5 Å². The van der Waals surface area contributed by atoms with Crippen LogP contribution in [0.4, 0.5) is 0 Å². The van der Waals surface area contributed by atoms with Gasteiger partial charge in [0.1, 0.15) is 5.75 Å². The third-order valence-electron chi connectivity index (χ3n) is 2.88. The Morgan fingerprint density at radius 1 is 1.30 bits per heavy atom. The molecule has 102 valence electrons. The average molecular weight is 290 g/mol. The molecule has 7 heteroatoms. The summed E-state index contributed by atoms with van der Waals surface area (Å²) < 4.78 is 5.51. The van der Waals surface area contributed by atoms with E-state index in [-0.39, 0.29) is 17.2 Å². The smallest absolute Gasteiger partial charge is 0.376 e. The second-order valence-corrected chi connectivity index (χ2v) is 5.06. The van der Waals surface area contributed by atoms with Crippen LogP contribution in [-0.2, 0) is 15.3 Å². The number of carbonyl (C=O) groups is 1. The van der Waals surface area contributed by atoms with Crippen molar-refractivity contribution in [3.05, 3.63) is 52.2 Å². The number of hydrogen-bond acceptors (Lipinski definition) is 6. The molecular weight excluding hydrogens is 280 g/mol. The summed E-state index contributed by atoms with van der Waals surface area (Å²) in [5.74, 6) is -1.27. The van der Waals surface area contributed by atoms with Crippen molar-refractivity contribution in [3.8, 4) is 5.75 Å². The highest BCUT2D eigenvalue weighted by atomic mass is 32.1. The molecule has 1 aromatic carbocycles. The molecule has 2 heterocycles. The Kier molecular flexibility index (Phi) is 2.83. The molecule has 1 aliphatic rings. The van der Waals surface area contributed by atoms with Gasteiger partial charge in [0.25, 0.3) is 5.90 Å². The van der Waals surface area contributed by atoms with Crippen LogP contribution >= 0.6 is 11.3 Å². The van der Waals surface area contributed by atoms with Crippen LogP contribution in [0.25, 0.3) is 0 Å². The van der Waals surface area contributed by atoms with Crippen LogP contribution in [0.5, 0.6) is 5.75 Å². The number of nitrogens with one attached hydrogen (secondary N) is 1. The molecule has 1 atom stereocenters.